The van der Waals surface area contributed by atoms with E-state index >= 15 is 0 Å². The number of likely N-dealkylation sites (N-methyl/N-ethyl adjacent to an activating group) is 1. The number of hydrogen-bond acceptors (Lipinski definition) is 5. The second-order valence-corrected chi connectivity index (χ2v) is 6.46. The zero-order valence-electron chi connectivity index (χ0n) is 13.0. The van der Waals surface area contributed by atoms with Crippen molar-refractivity contribution in [2.24, 2.45) is 0 Å². The van der Waals surface area contributed by atoms with E-state index in [2.05, 4.69) is 10.3 Å². The number of oxazole rings is 1. The number of piperidine rings is 1. The van der Waals surface area contributed by atoms with Crippen LogP contribution >= 0.6 is 11.3 Å². The lowest BCUT2D eigenvalue weighted by molar-refractivity contribution is -0.131. The molecule has 22 heavy (non-hydrogen) atoms. The molecule has 5 nitrogen and oxygen atoms in total. The van der Waals surface area contributed by atoms with Crippen molar-refractivity contribution >= 4 is 17.2 Å². The van der Waals surface area contributed by atoms with Crippen LogP contribution in [0, 0.1) is 6.92 Å². The second kappa shape index (κ2) is 6.62. The van der Waals surface area contributed by atoms with Gasteiger partial charge in [-0.3, -0.25) is 4.79 Å². The highest BCUT2D eigenvalue weighted by molar-refractivity contribution is 7.08. The number of likely N-dealkylation sites (tertiary alicyclic amines) is 1. The quantitative estimate of drug-likeness (QED) is 0.940. The third kappa shape index (κ3) is 3.23. The van der Waals surface area contributed by atoms with Crippen LogP contribution in [0.15, 0.2) is 21.2 Å². The zero-order valence-corrected chi connectivity index (χ0v) is 13.8. The molecule has 118 valence electrons. The van der Waals surface area contributed by atoms with E-state index in [1.165, 1.54) is 0 Å². The Kier molecular flexibility index (Phi) is 4.59. The highest BCUT2D eigenvalue weighted by Gasteiger charge is 2.24. The van der Waals surface area contributed by atoms with Crippen molar-refractivity contribution < 1.29 is 9.21 Å². The predicted molar refractivity (Wildman–Crippen MR) is 86.9 cm³/mol. The number of amides is 1. The Hall–Kier alpha value is -1.66. The van der Waals surface area contributed by atoms with Crippen LogP contribution in [-0.4, -0.2) is 42.0 Å². The summed E-state index contributed by atoms with van der Waals surface area (Å²) in [6.45, 7) is 3.49. The normalized spacial score (nSPS) is 18.6. The summed E-state index contributed by atoms with van der Waals surface area (Å²) < 4.78 is 5.70. The van der Waals surface area contributed by atoms with Crippen LogP contribution in [0.25, 0.3) is 11.5 Å². The molecule has 1 atom stereocenters. The van der Waals surface area contributed by atoms with Gasteiger partial charge in [0.2, 0.25) is 11.8 Å². The summed E-state index contributed by atoms with van der Waals surface area (Å²) in [6.07, 6.45) is 2.50. The molecular weight excluding hydrogens is 298 g/mol. The minimum absolute atomic E-state index is 0.133. The van der Waals surface area contributed by atoms with E-state index in [0.29, 0.717) is 18.4 Å². The van der Waals surface area contributed by atoms with Crippen molar-refractivity contribution in [3.05, 3.63) is 28.3 Å². The Bertz CT molecular complexity index is 636. The molecule has 0 radical (unpaired) electrons. The van der Waals surface area contributed by atoms with Crippen LogP contribution in [0.2, 0.25) is 0 Å². The van der Waals surface area contributed by atoms with Gasteiger partial charge in [-0.2, -0.15) is 11.3 Å². The Morgan fingerprint density at radius 2 is 2.45 bits per heavy atom. The van der Waals surface area contributed by atoms with Crippen LogP contribution in [-0.2, 0) is 11.2 Å². The topological polar surface area (TPSA) is 58.4 Å². The van der Waals surface area contributed by atoms with Gasteiger partial charge in [0.05, 0.1) is 12.1 Å². The summed E-state index contributed by atoms with van der Waals surface area (Å²) >= 11 is 1.61. The molecule has 1 aliphatic rings. The van der Waals surface area contributed by atoms with Crippen LogP contribution in [0.3, 0.4) is 0 Å². The fourth-order valence-electron chi connectivity index (χ4n) is 2.80. The third-order valence-corrected chi connectivity index (χ3v) is 4.85. The number of thiophene rings is 1. The minimum atomic E-state index is 0.133. The van der Waals surface area contributed by atoms with Gasteiger partial charge in [-0.1, -0.05) is 0 Å². The molecule has 0 spiro atoms. The van der Waals surface area contributed by atoms with Crippen molar-refractivity contribution in [3.63, 3.8) is 0 Å². The number of rotatable bonds is 4. The molecule has 2 aromatic heterocycles. The smallest absolute Gasteiger partial charge is 0.228 e. The molecular formula is C16H21N3O2S. The van der Waals surface area contributed by atoms with E-state index in [9.17, 15) is 4.79 Å². The van der Waals surface area contributed by atoms with Gasteiger partial charge in [0, 0.05) is 30.1 Å². The standard InChI is InChI=1S/C16H21N3O2S/c1-11-14(18-16(21-11)12-5-7-22-10-12)8-15(20)19-6-3-4-13(9-19)17-2/h5,7,10,13,17H,3-4,6,8-9H2,1-2H3. The maximum absolute atomic E-state index is 12.5. The van der Waals surface area contributed by atoms with Gasteiger partial charge in [0.15, 0.2) is 0 Å². The van der Waals surface area contributed by atoms with Gasteiger partial charge < -0.3 is 14.6 Å². The minimum Gasteiger partial charge on any atom is -0.441 e. The van der Waals surface area contributed by atoms with Crippen LogP contribution in [0.5, 0.6) is 0 Å². The first-order valence-corrected chi connectivity index (χ1v) is 8.55. The lowest BCUT2D eigenvalue weighted by Gasteiger charge is -2.32. The Morgan fingerprint density at radius 1 is 1.59 bits per heavy atom. The van der Waals surface area contributed by atoms with E-state index in [1.807, 2.05) is 35.7 Å². The van der Waals surface area contributed by atoms with Gasteiger partial charge in [-0.25, -0.2) is 4.98 Å². The lowest BCUT2D eigenvalue weighted by atomic mass is 10.1. The number of hydrogen-bond donors (Lipinski definition) is 1. The van der Waals surface area contributed by atoms with Crippen molar-refractivity contribution in [2.45, 2.75) is 32.2 Å². The molecule has 3 rings (SSSR count). The average Bonchev–Trinajstić information content (AvgIpc) is 3.18. The fourth-order valence-corrected chi connectivity index (χ4v) is 3.43. The third-order valence-electron chi connectivity index (χ3n) is 4.16. The lowest BCUT2D eigenvalue weighted by Crippen LogP contribution is -2.47. The molecule has 1 aliphatic heterocycles. The molecule has 1 fully saturated rings. The Labute approximate surface area is 134 Å². The zero-order chi connectivity index (χ0) is 15.5. The van der Waals surface area contributed by atoms with Gasteiger partial charge in [0.1, 0.15) is 5.76 Å². The molecule has 0 aromatic carbocycles. The summed E-state index contributed by atoms with van der Waals surface area (Å²) in [5.74, 6) is 1.47. The Balaban J connectivity index is 1.69. The van der Waals surface area contributed by atoms with E-state index < -0.39 is 0 Å². The number of carbonyl (C=O) groups excluding carboxylic acids is 1. The molecule has 0 saturated carbocycles. The summed E-state index contributed by atoms with van der Waals surface area (Å²) in [4.78, 5) is 18.9. The molecule has 6 heteroatoms. The largest absolute Gasteiger partial charge is 0.441 e. The number of carbonyl (C=O) groups is 1. The molecule has 0 bridgehead atoms. The highest BCUT2D eigenvalue weighted by Crippen LogP contribution is 2.24. The first-order chi connectivity index (χ1) is 10.7. The summed E-state index contributed by atoms with van der Waals surface area (Å²) in [5, 5.41) is 7.25. The van der Waals surface area contributed by atoms with Crippen LogP contribution in [0.4, 0.5) is 0 Å². The fraction of sp³-hybridized carbons (Fsp3) is 0.500. The molecule has 2 aromatic rings. The maximum atomic E-state index is 12.5. The molecule has 1 unspecified atom stereocenters. The van der Waals surface area contributed by atoms with Crippen molar-refractivity contribution in [1.82, 2.24) is 15.2 Å². The Morgan fingerprint density at radius 3 is 3.18 bits per heavy atom. The van der Waals surface area contributed by atoms with Crippen LogP contribution < -0.4 is 5.32 Å². The maximum Gasteiger partial charge on any atom is 0.228 e. The average molecular weight is 319 g/mol. The van der Waals surface area contributed by atoms with Gasteiger partial charge in [-0.15, -0.1) is 0 Å². The van der Waals surface area contributed by atoms with E-state index in [-0.39, 0.29) is 5.91 Å². The summed E-state index contributed by atoms with van der Waals surface area (Å²) in [7, 11) is 1.95. The van der Waals surface area contributed by atoms with Crippen LogP contribution in [0.1, 0.15) is 24.3 Å². The summed E-state index contributed by atoms with van der Waals surface area (Å²) in [5.41, 5.74) is 1.72. The molecule has 1 saturated heterocycles. The summed E-state index contributed by atoms with van der Waals surface area (Å²) in [6, 6.07) is 2.38. The number of aromatic nitrogens is 1. The highest BCUT2D eigenvalue weighted by atomic mass is 32.1. The van der Waals surface area contributed by atoms with E-state index in [0.717, 1.165) is 42.9 Å². The number of aryl methyl sites for hydroxylation is 1. The van der Waals surface area contributed by atoms with E-state index in [4.69, 9.17) is 4.42 Å². The SMILES string of the molecule is CNC1CCCN(C(=O)Cc2nc(-c3ccsc3)oc2C)C1. The molecule has 0 aliphatic carbocycles. The number of nitrogens with zero attached hydrogens (tertiary/aromatic N) is 2. The molecule has 3 heterocycles. The molecule has 1 N–H and O–H groups in total. The van der Waals surface area contributed by atoms with Crippen molar-refractivity contribution in [2.75, 3.05) is 20.1 Å². The van der Waals surface area contributed by atoms with Gasteiger partial charge >= 0.3 is 0 Å². The first kappa shape index (κ1) is 15.2. The monoisotopic (exact) mass is 319 g/mol. The first-order valence-electron chi connectivity index (χ1n) is 7.61. The van der Waals surface area contributed by atoms with Crippen molar-refractivity contribution in [1.29, 1.82) is 0 Å². The second-order valence-electron chi connectivity index (χ2n) is 5.68. The predicted octanol–water partition coefficient (Wildman–Crippen LogP) is 2.46. The van der Waals surface area contributed by atoms with E-state index in [1.54, 1.807) is 11.3 Å². The van der Waals surface area contributed by atoms with Crippen molar-refractivity contribution in [3.8, 4) is 11.5 Å². The molecule has 1 amide bonds. The number of nitrogens with one attached hydrogen (secondary N) is 1. The van der Waals surface area contributed by atoms with Gasteiger partial charge in [0.25, 0.3) is 0 Å². The van der Waals surface area contributed by atoms with Gasteiger partial charge in [-0.05, 0) is 38.3 Å².